The summed E-state index contributed by atoms with van der Waals surface area (Å²) >= 11 is 3.60. The van der Waals surface area contributed by atoms with E-state index in [0.29, 0.717) is 13.2 Å². The second kappa shape index (κ2) is 5.69. The second-order valence-electron chi connectivity index (χ2n) is 5.02. The maximum absolute atomic E-state index is 5.78. The van der Waals surface area contributed by atoms with E-state index >= 15 is 0 Å². The van der Waals surface area contributed by atoms with Crippen molar-refractivity contribution < 1.29 is 9.47 Å². The Balaban J connectivity index is 1.86. The Kier molecular flexibility index (Phi) is 3.96. The fourth-order valence-electron chi connectivity index (χ4n) is 2.62. The Morgan fingerprint density at radius 1 is 1.21 bits per heavy atom. The summed E-state index contributed by atoms with van der Waals surface area (Å²) in [6.45, 7) is 8.71. The van der Waals surface area contributed by atoms with E-state index in [9.17, 15) is 0 Å². The lowest BCUT2D eigenvalue weighted by Crippen LogP contribution is -2.43. The first kappa shape index (κ1) is 13.2. The topological polar surface area (TPSA) is 33.7 Å². The first-order valence-electron chi connectivity index (χ1n) is 6.76. The maximum Gasteiger partial charge on any atom is 0.175 e. The van der Waals surface area contributed by atoms with E-state index in [0.717, 1.165) is 48.7 Å². The number of fused-ring (bicyclic) bond motifs is 1. The molecule has 0 bridgehead atoms. The molecule has 0 aliphatic carbocycles. The summed E-state index contributed by atoms with van der Waals surface area (Å²) in [5.41, 5.74) is 2.52. The van der Waals surface area contributed by atoms with Gasteiger partial charge in [0.05, 0.1) is 4.47 Å². The van der Waals surface area contributed by atoms with Gasteiger partial charge in [-0.05, 0) is 40.0 Å². The molecule has 0 atom stereocenters. The summed E-state index contributed by atoms with van der Waals surface area (Å²) < 4.78 is 12.5. The molecule has 1 N–H and O–H groups in total. The van der Waals surface area contributed by atoms with Crippen molar-refractivity contribution in [3.05, 3.63) is 21.7 Å². The van der Waals surface area contributed by atoms with Crippen molar-refractivity contribution in [1.29, 1.82) is 0 Å². The third-order valence-electron chi connectivity index (χ3n) is 3.73. The van der Waals surface area contributed by atoms with Crippen LogP contribution in [0.15, 0.2) is 10.5 Å². The minimum Gasteiger partial charge on any atom is -0.486 e. The van der Waals surface area contributed by atoms with Gasteiger partial charge in [-0.2, -0.15) is 0 Å². The molecule has 0 saturated carbocycles. The number of hydrogen-bond donors (Lipinski definition) is 1. The van der Waals surface area contributed by atoms with Crippen LogP contribution in [0.1, 0.15) is 11.1 Å². The Morgan fingerprint density at radius 2 is 1.89 bits per heavy atom. The van der Waals surface area contributed by atoms with Crippen LogP contribution in [0.5, 0.6) is 11.5 Å². The van der Waals surface area contributed by atoms with Gasteiger partial charge in [-0.3, -0.25) is 4.90 Å². The van der Waals surface area contributed by atoms with Gasteiger partial charge >= 0.3 is 0 Å². The lowest BCUT2D eigenvalue weighted by molar-refractivity contribution is 0.168. The van der Waals surface area contributed by atoms with Gasteiger partial charge in [0.1, 0.15) is 13.2 Å². The number of halogens is 1. The minimum atomic E-state index is 0.627. The van der Waals surface area contributed by atoms with E-state index in [2.05, 4.69) is 39.1 Å². The molecule has 4 nitrogen and oxygen atoms in total. The number of benzene rings is 1. The molecule has 0 amide bonds. The predicted octanol–water partition coefficient (Wildman–Crippen LogP) is 1.93. The minimum absolute atomic E-state index is 0.627. The molecule has 3 rings (SSSR count). The van der Waals surface area contributed by atoms with Crippen LogP contribution in [0.2, 0.25) is 0 Å². The van der Waals surface area contributed by atoms with Gasteiger partial charge in [0.25, 0.3) is 0 Å². The number of nitrogens with zero attached hydrogens (tertiary/aromatic N) is 1. The molecule has 1 fully saturated rings. The van der Waals surface area contributed by atoms with E-state index in [4.69, 9.17) is 9.47 Å². The number of nitrogens with one attached hydrogen (secondary N) is 1. The maximum atomic E-state index is 5.78. The summed E-state index contributed by atoms with van der Waals surface area (Å²) in [6.07, 6.45) is 0. The molecule has 0 unspecified atom stereocenters. The Bertz CT molecular complexity index is 473. The monoisotopic (exact) mass is 326 g/mol. The molecule has 2 aliphatic heterocycles. The van der Waals surface area contributed by atoms with Crippen LogP contribution >= 0.6 is 15.9 Å². The van der Waals surface area contributed by atoms with Crippen molar-refractivity contribution in [2.45, 2.75) is 13.5 Å². The van der Waals surface area contributed by atoms with Gasteiger partial charge < -0.3 is 14.8 Å². The molecule has 19 heavy (non-hydrogen) atoms. The molecule has 2 aliphatic rings. The summed E-state index contributed by atoms with van der Waals surface area (Å²) in [4.78, 5) is 2.47. The SMILES string of the molecule is Cc1c(CN2CCNCC2)cc(Br)c2c1OCCO2. The molecule has 104 valence electrons. The van der Waals surface area contributed by atoms with Gasteiger partial charge in [-0.1, -0.05) is 0 Å². The van der Waals surface area contributed by atoms with Gasteiger partial charge in [0.15, 0.2) is 11.5 Å². The highest BCUT2D eigenvalue weighted by Gasteiger charge is 2.21. The molecular weight excluding hydrogens is 308 g/mol. The largest absolute Gasteiger partial charge is 0.486 e. The van der Waals surface area contributed by atoms with E-state index in [-0.39, 0.29) is 0 Å². The average Bonchev–Trinajstić information content (AvgIpc) is 2.46. The van der Waals surface area contributed by atoms with Crippen molar-refractivity contribution in [1.82, 2.24) is 10.2 Å². The standard InChI is InChI=1S/C14H19BrN2O2/c1-10-11(9-17-4-2-16-3-5-17)8-12(15)14-13(10)18-6-7-19-14/h8,16H,2-7,9H2,1H3. The van der Waals surface area contributed by atoms with Crippen LogP contribution in [0.3, 0.4) is 0 Å². The first-order chi connectivity index (χ1) is 9.25. The fraction of sp³-hybridized carbons (Fsp3) is 0.571. The molecule has 2 heterocycles. The summed E-state index contributed by atoms with van der Waals surface area (Å²) in [6, 6.07) is 2.17. The molecule has 1 saturated heterocycles. The van der Waals surface area contributed by atoms with Crippen molar-refractivity contribution in [2.75, 3.05) is 39.4 Å². The van der Waals surface area contributed by atoms with Gasteiger partial charge in [-0.25, -0.2) is 0 Å². The Morgan fingerprint density at radius 3 is 2.63 bits per heavy atom. The normalized spacial score (nSPS) is 19.5. The number of hydrogen-bond acceptors (Lipinski definition) is 4. The first-order valence-corrected chi connectivity index (χ1v) is 7.55. The zero-order valence-electron chi connectivity index (χ0n) is 11.2. The van der Waals surface area contributed by atoms with Crippen LogP contribution in [0.25, 0.3) is 0 Å². The van der Waals surface area contributed by atoms with Gasteiger partial charge in [-0.15, -0.1) is 0 Å². The average molecular weight is 327 g/mol. The molecule has 0 spiro atoms. The summed E-state index contributed by atoms with van der Waals surface area (Å²) in [5.74, 6) is 1.76. The quantitative estimate of drug-likeness (QED) is 0.900. The van der Waals surface area contributed by atoms with Crippen LogP contribution in [-0.2, 0) is 6.54 Å². The van der Waals surface area contributed by atoms with E-state index in [1.54, 1.807) is 0 Å². The predicted molar refractivity (Wildman–Crippen MR) is 78.0 cm³/mol. The van der Waals surface area contributed by atoms with E-state index in [1.165, 1.54) is 11.1 Å². The lowest BCUT2D eigenvalue weighted by atomic mass is 10.1. The highest BCUT2D eigenvalue weighted by atomic mass is 79.9. The molecule has 5 heteroatoms. The number of rotatable bonds is 2. The van der Waals surface area contributed by atoms with Gasteiger partial charge in [0, 0.05) is 32.7 Å². The molecular formula is C14H19BrN2O2. The van der Waals surface area contributed by atoms with Crippen LogP contribution in [-0.4, -0.2) is 44.3 Å². The van der Waals surface area contributed by atoms with E-state index < -0.39 is 0 Å². The van der Waals surface area contributed by atoms with E-state index in [1.807, 2.05) is 0 Å². The Labute approximate surface area is 122 Å². The highest BCUT2D eigenvalue weighted by molar-refractivity contribution is 9.10. The Hall–Kier alpha value is -0.780. The molecule has 1 aromatic carbocycles. The van der Waals surface area contributed by atoms with Crippen LogP contribution < -0.4 is 14.8 Å². The number of ether oxygens (including phenoxy) is 2. The molecule has 0 aromatic heterocycles. The van der Waals surface area contributed by atoms with Gasteiger partial charge in [0.2, 0.25) is 0 Å². The fourth-order valence-corrected chi connectivity index (χ4v) is 3.19. The van der Waals surface area contributed by atoms with Crippen molar-refractivity contribution in [3.8, 4) is 11.5 Å². The lowest BCUT2D eigenvalue weighted by Gasteiger charge is -2.29. The zero-order valence-corrected chi connectivity index (χ0v) is 12.8. The molecule has 1 aromatic rings. The summed E-state index contributed by atoms with van der Waals surface area (Å²) in [7, 11) is 0. The zero-order chi connectivity index (χ0) is 13.2. The van der Waals surface area contributed by atoms with Crippen molar-refractivity contribution >= 4 is 15.9 Å². The third kappa shape index (κ3) is 2.73. The van der Waals surface area contributed by atoms with Crippen LogP contribution in [0.4, 0.5) is 0 Å². The second-order valence-corrected chi connectivity index (χ2v) is 5.88. The summed E-state index contributed by atoms with van der Waals surface area (Å²) in [5, 5.41) is 3.38. The third-order valence-corrected chi connectivity index (χ3v) is 4.32. The smallest absolute Gasteiger partial charge is 0.175 e. The number of piperazine rings is 1. The van der Waals surface area contributed by atoms with Crippen molar-refractivity contribution in [2.24, 2.45) is 0 Å². The van der Waals surface area contributed by atoms with Crippen molar-refractivity contribution in [3.63, 3.8) is 0 Å². The van der Waals surface area contributed by atoms with Crippen LogP contribution in [0, 0.1) is 6.92 Å². The molecule has 0 radical (unpaired) electrons. The highest BCUT2D eigenvalue weighted by Crippen LogP contribution is 2.42.